The number of amides is 1. The monoisotopic (exact) mass is 381 g/mol. The van der Waals surface area contributed by atoms with Gasteiger partial charge in [-0.05, 0) is 44.2 Å². The first-order valence-electron chi connectivity index (χ1n) is 8.31. The summed E-state index contributed by atoms with van der Waals surface area (Å²) in [5, 5.41) is 2.89. The summed E-state index contributed by atoms with van der Waals surface area (Å²) in [4.78, 5) is 26.6. The highest BCUT2D eigenvalue weighted by Crippen LogP contribution is 2.27. The first-order valence-corrected chi connectivity index (χ1v) is 9.13. The van der Waals surface area contributed by atoms with Crippen LogP contribution >= 0.6 is 11.3 Å². The summed E-state index contributed by atoms with van der Waals surface area (Å²) < 4.78 is 15.0. The van der Waals surface area contributed by atoms with Gasteiger partial charge in [-0.25, -0.2) is 19.3 Å². The van der Waals surface area contributed by atoms with Crippen LogP contribution in [-0.2, 0) is 6.54 Å². The van der Waals surface area contributed by atoms with Crippen molar-refractivity contribution in [1.82, 2.24) is 24.7 Å². The molecule has 0 fully saturated rings. The lowest BCUT2D eigenvalue weighted by Gasteiger charge is -2.04. The molecule has 0 aliphatic rings. The molecule has 0 bridgehead atoms. The van der Waals surface area contributed by atoms with Crippen LogP contribution in [0, 0.1) is 19.7 Å². The number of carbonyl (C=O) groups is 1. The summed E-state index contributed by atoms with van der Waals surface area (Å²) in [6.07, 6.45) is 3.34. The van der Waals surface area contributed by atoms with Gasteiger partial charge < -0.3 is 5.32 Å². The molecule has 0 saturated carbocycles. The van der Waals surface area contributed by atoms with Crippen LogP contribution in [0.4, 0.5) is 4.39 Å². The standard InChI is InChI=1S/C19H16FN5OS/c1-11-7-15(23-10-22-11)8-21-18(26)17-12(2)25-9-16(24-19(25)27-17)13-3-5-14(20)6-4-13/h3-7,9-10H,8H2,1-2H3,(H,21,26). The van der Waals surface area contributed by atoms with Crippen molar-refractivity contribution in [2.24, 2.45) is 0 Å². The molecule has 0 aliphatic heterocycles. The van der Waals surface area contributed by atoms with Gasteiger partial charge in [-0.15, -0.1) is 0 Å². The highest BCUT2D eigenvalue weighted by atomic mass is 32.1. The predicted octanol–water partition coefficient (Wildman–Crippen LogP) is 3.54. The molecule has 3 aromatic heterocycles. The number of halogens is 1. The summed E-state index contributed by atoms with van der Waals surface area (Å²) in [6.45, 7) is 4.09. The Labute approximate surface area is 158 Å². The Morgan fingerprint density at radius 1 is 1.22 bits per heavy atom. The molecule has 4 rings (SSSR count). The summed E-state index contributed by atoms with van der Waals surface area (Å²) in [7, 11) is 0. The molecule has 6 nitrogen and oxygen atoms in total. The van der Waals surface area contributed by atoms with Crippen molar-refractivity contribution < 1.29 is 9.18 Å². The highest BCUT2D eigenvalue weighted by Gasteiger charge is 2.18. The van der Waals surface area contributed by atoms with E-state index in [1.165, 1.54) is 29.8 Å². The summed E-state index contributed by atoms with van der Waals surface area (Å²) >= 11 is 1.32. The van der Waals surface area contributed by atoms with Gasteiger partial charge in [-0.2, -0.15) is 0 Å². The van der Waals surface area contributed by atoms with E-state index in [2.05, 4.69) is 20.3 Å². The van der Waals surface area contributed by atoms with Crippen molar-refractivity contribution in [2.45, 2.75) is 20.4 Å². The van der Waals surface area contributed by atoms with E-state index in [4.69, 9.17) is 0 Å². The Bertz CT molecular complexity index is 1130. The smallest absolute Gasteiger partial charge is 0.263 e. The predicted molar refractivity (Wildman–Crippen MR) is 101 cm³/mol. The third kappa shape index (κ3) is 3.43. The van der Waals surface area contributed by atoms with Gasteiger partial charge in [0, 0.05) is 23.1 Å². The molecule has 136 valence electrons. The number of rotatable bonds is 4. The second kappa shape index (κ2) is 6.88. The van der Waals surface area contributed by atoms with Crippen molar-refractivity contribution >= 4 is 22.2 Å². The van der Waals surface area contributed by atoms with Crippen LogP contribution < -0.4 is 5.32 Å². The fourth-order valence-corrected chi connectivity index (χ4v) is 3.80. The number of aryl methyl sites for hydroxylation is 2. The number of aromatic nitrogens is 4. The second-order valence-electron chi connectivity index (χ2n) is 6.14. The molecular weight excluding hydrogens is 365 g/mol. The van der Waals surface area contributed by atoms with Gasteiger partial charge in [0.1, 0.15) is 17.0 Å². The van der Waals surface area contributed by atoms with Gasteiger partial charge in [0.05, 0.1) is 17.9 Å². The summed E-state index contributed by atoms with van der Waals surface area (Å²) in [5.41, 5.74) is 4.00. The molecule has 27 heavy (non-hydrogen) atoms. The van der Waals surface area contributed by atoms with Crippen LogP contribution in [-0.4, -0.2) is 25.3 Å². The van der Waals surface area contributed by atoms with Crippen molar-refractivity contribution in [3.05, 3.63) is 70.6 Å². The number of hydrogen-bond donors (Lipinski definition) is 1. The number of hydrogen-bond acceptors (Lipinski definition) is 5. The Morgan fingerprint density at radius 2 is 2.00 bits per heavy atom. The molecule has 0 saturated heterocycles. The zero-order valence-corrected chi connectivity index (χ0v) is 15.5. The van der Waals surface area contributed by atoms with Gasteiger partial charge in [0.2, 0.25) is 0 Å². The average Bonchev–Trinajstić information content (AvgIpc) is 3.20. The Hall–Kier alpha value is -3.13. The Balaban J connectivity index is 1.55. The third-order valence-corrected chi connectivity index (χ3v) is 5.35. The average molecular weight is 381 g/mol. The molecular formula is C19H16FN5OS. The van der Waals surface area contributed by atoms with Crippen LogP contribution in [0.2, 0.25) is 0 Å². The van der Waals surface area contributed by atoms with E-state index in [9.17, 15) is 9.18 Å². The fraction of sp³-hybridized carbons (Fsp3) is 0.158. The van der Waals surface area contributed by atoms with E-state index >= 15 is 0 Å². The zero-order valence-electron chi connectivity index (χ0n) is 14.7. The third-order valence-electron chi connectivity index (χ3n) is 4.19. The summed E-state index contributed by atoms with van der Waals surface area (Å²) in [5.74, 6) is -0.448. The molecule has 0 unspecified atom stereocenters. The number of thiazole rings is 1. The normalized spacial score (nSPS) is 11.1. The lowest BCUT2D eigenvalue weighted by molar-refractivity contribution is 0.0953. The lowest BCUT2D eigenvalue weighted by Crippen LogP contribution is -2.23. The SMILES string of the molecule is Cc1cc(CNC(=O)c2sc3nc(-c4ccc(F)cc4)cn3c2C)ncn1. The second-order valence-corrected chi connectivity index (χ2v) is 7.11. The van der Waals surface area contributed by atoms with E-state index in [0.29, 0.717) is 11.4 Å². The van der Waals surface area contributed by atoms with Crippen molar-refractivity contribution in [3.63, 3.8) is 0 Å². The fourth-order valence-electron chi connectivity index (χ4n) is 2.78. The number of carbonyl (C=O) groups excluding carboxylic acids is 1. The van der Waals surface area contributed by atoms with E-state index in [-0.39, 0.29) is 11.7 Å². The minimum Gasteiger partial charge on any atom is -0.346 e. The maximum Gasteiger partial charge on any atom is 0.263 e. The largest absolute Gasteiger partial charge is 0.346 e. The molecule has 3 heterocycles. The molecule has 1 aromatic carbocycles. The highest BCUT2D eigenvalue weighted by molar-refractivity contribution is 7.19. The number of nitrogens with zero attached hydrogens (tertiary/aromatic N) is 4. The van der Waals surface area contributed by atoms with Gasteiger partial charge in [-0.3, -0.25) is 9.20 Å². The van der Waals surface area contributed by atoms with E-state index in [1.54, 1.807) is 12.1 Å². The topological polar surface area (TPSA) is 72.2 Å². The van der Waals surface area contributed by atoms with Gasteiger partial charge in [0.15, 0.2) is 4.96 Å². The van der Waals surface area contributed by atoms with Gasteiger partial charge in [0.25, 0.3) is 5.91 Å². The molecule has 0 atom stereocenters. The van der Waals surface area contributed by atoms with Gasteiger partial charge in [-0.1, -0.05) is 11.3 Å². The quantitative estimate of drug-likeness (QED) is 0.587. The molecule has 0 aliphatic carbocycles. The molecule has 1 N–H and O–H groups in total. The van der Waals surface area contributed by atoms with Crippen molar-refractivity contribution in [2.75, 3.05) is 0 Å². The first-order chi connectivity index (χ1) is 13.0. The maximum atomic E-state index is 13.1. The van der Waals surface area contributed by atoms with Crippen LogP contribution in [0.1, 0.15) is 26.8 Å². The van der Waals surface area contributed by atoms with Crippen LogP contribution in [0.15, 0.2) is 42.9 Å². The van der Waals surface area contributed by atoms with Crippen LogP contribution in [0.3, 0.4) is 0 Å². The van der Waals surface area contributed by atoms with Crippen LogP contribution in [0.5, 0.6) is 0 Å². The van der Waals surface area contributed by atoms with Gasteiger partial charge >= 0.3 is 0 Å². The number of nitrogens with one attached hydrogen (secondary N) is 1. The molecule has 0 spiro atoms. The maximum absolute atomic E-state index is 13.1. The van der Waals surface area contributed by atoms with Crippen molar-refractivity contribution in [3.8, 4) is 11.3 Å². The molecule has 4 aromatic rings. The molecule has 8 heteroatoms. The minimum atomic E-state index is -0.284. The number of imidazole rings is 1. The summed E-state index contributed by atoms with van der Waals surface area (Å²) in [6, 6.07) is 8.03. The lowest BCUT2D eigenvalue weighted by atomic mass is 10.2. The van der Waals surface area contributed by atoms with Crippen LogP contribution in [0.25, 0.3) is 16.2 Å². The molecule has 0 radical (unpaired) electrons. The van der Waals surface area contributed by atoms with E-state index in [1.807, 2.05) is 30.5 Å². The molecule has 1 amide bonds. The Morgan fingerprint density at radius 3 is 2.70 bits per heavy atom. The minimum absolute atomic E-state index is 0.164. The van der Waals surface area contributed by atoms with E-state index in [0.717, 1.165) is 33.3 Å². The number of fused-ring (bicyclic) bond motifs is 1. The van der Waals surface area contributed by atoms with Crippen molar-refractivity contribution in [1.29, 1.82) is 0 Å². The van der Waals surface area contributed by atoms with E-state index < -0.39 is 0 Å². The Kier molecular flexibility index (Phi) is 4.41. The first kappa shape index (κ1) is 17.3. The zero-order chi connectivity index (χ0) is 19.0. The number of benzene rings is 1.